The normalized spacial score (nSPS) is 19.2. The Balaban J connectivity index is 2.08. The average molecular weight is 284 g/mol. The third-order valence-electron chi connectivity index (χ3n) is 3.48. The molecule has 0 saturated carbocycles. The number of hydrogen-bond acceptors (Lipinski definition) is 4. The number of benzene rings is 1. The Morgan fingerprint density at radius 2 is 2.05 bits per heavy atom. The van der Waals surface area contributed by atoms with E-state index in [0.29, 0.717) is 24.8 Å². The predicted molar refractivity (Wildman–Crippen MR) is 74.2 cm³/mol. The number of sulfonamides is 1. The number of nitrogens with two attached hydrogens (primary N) is 1. The summed E-state index contributed by atoms with van der Waals surface area (Å²) in [5.74, 6) is 0.324. The minimum atomic E-state index is -3.50. The zero-order valence-electron chi connectivity index (χ0n) is 11.0. The minimum absolute atomic E-state index is 0.102. The van der Waals surface area contributed by atoms with Crippen LogP contribution in [0.3, 0.4) is 0 Å². The van der Waals surface area contributed by atoms with Gasteiger partial charge in [0.05, 0.1) is 4.90 Å². The number of hydrogen-bond donors (Lipinski definition) is 2. The van der Waals surface area contributed by atoms with Gasteiger partial charge >= 0.3 is 0 Å². The highest BCUT2D eigenvalue weighted by Crippen LogP contribution is 2.21. The van der Waals surface area contributed by atoms with Gasteiger partial charge in [-0.25, -0.2) is 13.1 Å². The second-order valence-electron chi connectivity index (χ2n) is 4.93. The van der Waals surface area contributed by atoms with Crippen LogP contribution in [0.15, 0.2) is 29.2 Å². The van der Waals surface area contributed by atoms with E-state index in [0.717, 1.165) is 12.8 Å². The van der Waals surface area contributed by atoms with E-state index in [-0.39, 0.29) is 10.9 Å². The first-order valence-corrected chi connectivity index (χ1v) is 7.93. The van der Waals surface area contributed by atoms with Crippen molar-refractivity contribution in [2.75, 3.05) is 18.9 Å². The molecule has 1 aliphatic heterocycles. The van der Waals surface area contributed by atoms with Gasteiger partial charge < -0.3 is 10.5 Å². The number of anilines is 1. The molecule has 0 amide bonds. The fourth-order valence-electron chi connectivity index (χ4n) is 2.31. The van der Waals surface area contributed by atoms with Crippen molar-refractivity contribution < 1.29 is 13.2 Å². The van der Waals surface area contributed by atoms with Gasteiger partial charge in [-0.15, -0.1) is 0 Å². The second-order valence-corrected chi connectivity index (χ2v) is 6.65. The standard InChI is InChI=1S/C13H20N2O3S/c1-10(11-5-7-18-8-6-11)15-19(16,17)13-4-2-3-12(14)9-13/h2-4,9-11,15H,5-8,14H2,1H3. The van der Waals surface area contributed by atoms with Gasteiger partial charge in [-0.3, -0.25) is 0 Å². The SMILES string of the molecule is CC(NS(=O)(=O)c1cccc(N)c1)C1CCOCC1. The highest BCUT2D eigenvalue weighted by Gasteiger charge is 2.25. The number of nitrogen functional groups attached to an aromatic ring is 1. The van der Waals surface area contributed by atoms with E-state index in [1.165, 1.54) is 6.07 Å². The van der Waals surface area contributed by atoms with Crippen LogP contribution in [-0.2, 0) is 14.8 Å². The molecule has 1 aromatic rings. The second kappa shape index (κ2) is 5.90. The van der Waals surface area contributed by atoms with E-state index < -0.39 is 10.0 Å². The summed E-state index contributed by atoms with van der Waals surface area (Å²) >= 11 is 0. The lowest BCUT2D eigenvalue weighted by molar-refractivity contribution is 0.0585. The molecule has 1 unspecified atom stereocenters. The highest BCUT2D eigenvalue weighted by atomic mass is 32.2. The van der Waals surface area contributed by atoms with E-state index in [9.17, 15) is 8.42 Å². The van der Waals surface area contributed by atoms with Crippen molar-refractivity contribution in [1.29, 1.82) is 0 Å². The lowest BCUT2D eigenvalue weighted by Gasteiger charge is -2.28. The number of ether oxygens (including phenoxy) is 1. The third kappa shape index (κ3) is 3.68. The van der Waals surface area contributed by atoms with Crippen LogP contribution in [-0.4, -0.2) is 27.7 Å². The monoisotopic (exact) mass is 284 g/mol. The average Bonchev–Trinajstić information content (AvgIpc) is 2.39. The summed E-state index contributed by atoms with van der Waals surface area (Å²) in [6, 6.07) is 6.23. The van der Waals surface area contributed by atoms with Crippen LogP contribution in [0, 0.1) is 5.92 Å². The van der Waals surface area contributed by atoms with Gasteiger partial charge in [-0.1, -0.05) is 6.07 Å². The van der Waals surface area contributed by atoms with E-state index in [1.807, 2.05) is 6.92 Å². The predicted octanol–water partition coefficient (Wildman–Crippen LogP) is 1.36. The Kier molecular flexibility index (Phi) is 4.44. The largest absolute Gasteiger partial charge is 0.399 e. The van der Waals surface area contributed by atoms with Gasteiger partial charge in [0, 0.05) is 24.9 Å². The van der Waals surface area contributed by atoms with E-state index in [4.69, 9.17) is 10.5 Å². The van der Waals surface area contributed by atoms with E-state index >= 15 is 0 Å². The molecule has 0 spiro atoms. The summed E-state index contributed by atoms with van der Waals surface area (Å²) in [4.78, 5) is 0.214. The fourth-order valence-corrected chi connectivity index (χ4v) is 3.67. The summed E-state index contributed by atoms with van der Waals surface area (Å²) < 4.78 is 32.5. The first kappa shape index (κ1) is 14.3. The third-order valence-corrected chi connectivity index (χ3v) is 5.04. The number of nitrogens with one attached hydrogen (secondary N) is 1. The Morgan fingerprint density at radius 3 is 2.68 bits per heavy atom. The van der Waals surface area contributed by atoms with Crippen LogP contribution in [0.1, 0.15) is 19.8 Å². The minimum Gasteiger partial charge on any atom is -0.399 e. The van der Waals surface area contributed by atoms with Gasteiger partial charge in [-0.2, -0.15) is 0 Å². The molecule has 1 aliphatic rings. The summed E-state index contributed by atoms with van der Waals surface area (Å²) in [5.41, 5.74) is 6.07. The first-order valence-electron chi connectivity index (χ1n) is 6.44. The molecule has 0 radical (unpaired) electrons. The molecule has 1 heterocycles. The summed E-state index contributed by atoms with van der Waals surface area (Å²) in [7, 11) is -3.50. The Hall–Kier alpha value is -1.11. The van der Waals surface area contributed by atoms with Crippen LogP contribution in [0.4, 0.5) is 5.69 Å². The smallest absolute Gasteiger partial charge is 0.240 e. The molecular weight excluding hydrogens is 264 g/mol. The molecule has 1 fully saturated rings. The van der Waals surface area contributed by atoms with Gasteiger partial charge in [0.2, 0.25) is 10.0 Å². The van der Waals surface area contributed by atoms with Crippen LogP contribution < -0.4 is 10.5 Å². The van der Waals surface area contributed by atoms with E-state index in [1.54, 1.807) is 18.2 Å². The van der Waals surface area contributed by atoms with Gasteiger partial charge in [-0.05, 0) is 43.9 Å². The van der Waals surface area contributed by atoms with Gasteiger partial charge in [0.25, 0.3) is 0 Å². The molecule has 19 heavy (non-hydrogen) atoms. The number of rotatable bonds is 4. The quantitative estimate of drug-likeness (QED) is 0.818. The molecule has 3 N–H and O–H groups in total. The van der Waals surface area contributed by atoms with E-state index in [2.05, 4.69) is 4.72 Å². The molecular formula is C13H20N2O3S. The molecule has 2 rings (SSSR count). The van der Waals surface area contributed by atoms with Crippen molar-refractivity contribution in [1.82, 2.24) is 4.72 Å². The maximum absolute atomic E-state index is 12.2. The van der Waals surface area contributed by atoms with Crippen LogP contribution in [0.25, 0.3) is 0 Å². The molecule has 0 aliphatic carbocycles. The lowest BCUT2D eigenvalue weighted by atomic mass is 9.94. The van der Waals surface area contributed by atoms with Crippen molar-refractivity contribution in [2.45, 2.75) is 30.7 Å². The molecule has 6 heteroatoms. The Bertz CT molecular complexity index is 524. The van der Waals surface area contributed by atoms with Crippen molar-refractivity contribution in [3.63, 3.8) is 0 Å². The molecule has 0 bridgehead atoms. The Labute approximate surface area is 114 Å². The lowest BCUT2D eigenvalue weighted by Crippen LogP contribution is -2.40. The maximum atomic E-state index is 12.2. The summed E-state index contributed by atoms with van der Waals surface area (Å²) in [6.45, 7) is 3.31. The van der Waals surface area contributed by atoms with Crippen molar-refractivity contribution >= 4 is 15.7 Å². The molecule has 106 valence electrons. The first-order chi connectivity index (χ1) is 8.99. The van der Waals surface area contributed by atoms with Crippen LogP contribution >= 0.6 is 0 Å². The molecule has 1 atom stereocenters. The molecule has 1 aromatic carbocycles. The van der Waals surface area contributed by atoms with Gasteiger partial charge in [0.15, 0.2) is 0 Å². The zero-order chi connectivity index (χ0) is 13.9. The van der Waals surface area contributed by atoms with Crippen LogP contribution in [0.2, 0.25) is 0 Å². The summed E-state index contributed by atoms with van der Waals surface area (Å²) in [6.07, 6.45) is 1.78. The fraction of sp³-hybridized carbons (Fsp3) is 0.538. The zero-order valence-corrected chi connectivity index (χ0v) is 11.8. The van der Waals surface area contributed by atoms with Gasteiger partial charge in [0.1, 0.15) is 0 Å². The summed E-state index contributed by atoms with van der Waals surface area (Å²) in [5, 5.41) is 0. The topological polar surface area (TPSA) is 81.4 Å². The molecule has 1 saturated heterocycles. The molecule has 5 nitrogen and oxygen atoms in total. The molecule has 0 aromatic heterocycles. The maximum Gasteiger partial charge on any atom is 0.240 e. The van der Waals surface area contributed by atoms with Crippen molar-refractivity contribution in [3.8, 4) is 0 Å². The van der Waals surface area contributed by atoms with Crippen molar-refractivity contribution in [3.05, 3.63) is 24.3 Å². The van der Waals surface area contributed by atoms with Crippen LogP contribution in [0.5, 0.6) is 0 Å². The van der Waals surface area contributed by atoms with Crippen molar-refractivity contribution in [2.24, 2.45) is 5.92 Å². The Morgan fingerprint density at radius 1 is 1.37 bits per heavy atom. The highest BCUT2D eigenvalue weighted by molar-refractivity contribution is 7.89.